The van der Waals surface area contributed by atoms with Crippen LogP contribution in [0.4, 0.5) is 21.5 Å². The molecule has 2 aliphatic heterocycles. The number of rotatable bonds is 5. The molecule has 1 amide bonds. The lowest BCUT2D eigenvalue weighted by Gasteiger charge is -2.34. The smallest absolute Gasteiger partial charge is 0.258 e. The van der Waals surface area contributed by atoms with Gasteiger partial charge in [-0.15, -0.1) is 0 Å². The van der Waals surface area contributed by atoms with Crippen molar-refractivity contribution in [1.82, 2.24) is 4.90 Å². The predicted molar refractivity (Wildman–Crippen MR) is 144 cm³/mol. The first kappa shape index (κ1) is 23.9. The molecule has 0 unspecified atom stereocenters. The normalized spacial score (nSPS) is 17.0. The van der Waals surface area contributed by atoms with E-state index in [1.165, 1.54) is 18.9 Å². The molecule has 0 aromatic heterocycles. The van der Waals surface area contributed by atoms with Crippen molar-refractivity contribution in [1.29, 1.82) is 0 Å². The highest BCUT2D eigenvalue weighted by Gasteiger charge is 2.28. The lowest BCUT2D eigenvalue weighted by molar-refractivity contribution is -0.110. The summed E-state index contributed by atoms with van der Waals surface area (Å²) in [5.41, 5.74) is 7.02. The van der Waals surface area contributed by atoms with E-state index in [4.69, 9.17) is 4.74 Å². The number of hydrogen-bond donors (Lipinski definition) is 2. The van der Waals surface area contributed by atoms with Gasteiger partial charge in [0.1, 0.15) is 11.6 Å². The molecule has 5 rings (SSSR count). The van der Waals surface area contributed by atoms with Crippen molar-refractivity contribution < 1.29 is 13.9 Å². The molecule has 0 atom stereocenters. The predicted octanol–water partition coefficient (Wildman–Crippen LogP) is 5.36. The summed E-state index contributed by atoms with van der Waals surface area (Å²) in [4.78, 5) is 17.7. The summed E-state index contributed by atoms with van der Waals surface area (Å²) in [6.07, 6.45) is 0. The third kappa shape index (κ3) is 4.42. The van der Waals surface area contributed by atoms with E-state index in [9.17, 15) is 9.18 Å². The van der Waals surface area contributed by atoms with Gasteiger partial charge in [0, 0.05) is 54.5 Å². The van der Waals surface area contributed by atoms with Crippen LogP contribution in [0.25, 0.3) is 16.7 Å². The van der Waals surface area contributed by atoms with Gasteiger partial charge >= 0.3 is 0 Å². The van der Waals surface area contributed by atoms with E-state index in [0.717, 1.165) is 48.7 Å². The van der Waals surface area contributed by atoms with Crippen molar-refractivity contribution >= 4 is 28.5 Å². The van der Waals surface area contributed by atoms with Gasteiger partial charge in [0.05, 0.1) is 18.2 Å². The number of halogens is 1. The maximum Gasteiger partial charge on any atom is 0.258 e. The Hall–Kier alpha value is -3.84. The van der Waals surface area contributed by atoms with Gasteiger partial charge in [-0.05, 0) is 74.5 Å². The zero-order valence-corrected chi connectivity index (χ0v) is 21.1. The van der Waals surface area contributed by atoms with Gasteiger partial charge in [0.25, 0.3) is 5.91 Å². The molecule has 0 aliphatic carbocycles. The number of nitrogens with zero attached hydrogens (tertiary/aromatic N) is 2. The Bertz CT molecular complexity index is 1360. The van der Waals surface area contributed by atoms with E-state index in [0.29, 0.717) is 28.1 Å². The minimum Gasteiger partial charge on any atom is -0.496 e. The highest BCUT2D eigenvalue weighted by atomic mass is 19.1. The molecule has 3 aromatic carbocycles. The summed E-state index contributed by atoms with van der Waals surface area (Å²) in [6.45, 7) is 8.11. The van der Waals surface area contributed by atoms with Crippen LogP contribution in [0.1, 0.15) is 18.1 Å². The molecule has 1 fully saturated rings. The van der Waals surface area contributed by atoms with Gasteiger partial charge in [-0.1, -0.05) is 12.1 Å². The topological polar surface area (TPSA) is 56.8 Å². The molecule has 2 aliphatic rings. The number of amides is 1. The summed E-state index contributed by atoms with van der Waals surface area (Å²) < 4.78 is 20.1. The highest BCUT2D eigenvalue weighted by molar-refractivity contribution is 6.32. The lowest BCUT2D eigenvalue weighted by Crippen LogP contribution is -2.44. The monoisotopic (exact) mass is 486 g/mol. The van der Waals surface area contributed by atoms with E-state index in [-0.39, 0.29) is 11.7 Å². The Morgan fingerprint density at radius 1 is 1.06 bits per heavy atom. The maximum absolute atomic E-state index is 14.7. The van der Waals surface area contributed by atoms with Crippen molar-refractivity contribution in [3.05, 3.63) is 77.2 Å². The second kappa shape index (κ2) is 9.66. The van der Waals surface area contributed by atoms with Gasteiger partial charge < -0.3 is 25.2 Å². The molecule has 2 N–H and O–H groups in total. The summed E-state index contributed by atoms with van der Waals surface area (Å²) in [7, 11) is 3.67. The van der Waals surface area contributed by atoms with E-state index >= 15 is 0 Å². The van der Waals surface area contributed by atoms with Gasteiger partial charge in [-0.25, -0.2) is 4.39 Å². The van der Waals surface area contributed by atoms with Crippen molar-refractivity contribution in [2.45, 2.75) is 13.8 Å². The van der Waals surface area contributed by atoms with Crippen molar-refractivity contribution in [2.75, 3.05) is 55.9 Å². The zero-order chi connectivity index (χ0) is 25.4. The van der Waals surface area contributed by atoms with Crippen LogP contribution >= 0.6 is 0 Å². The molecule has 0 saturated carbocycles. The number of anilines is 3. The Morgan fingerprint density at radius 2 is 1.83 bits per heavy atom. The first-order chi connectivity index (χ1) is 17.4. The average molecular weight is 487 g/mol. The van der Waals surface area contributed by atoms with Crippen LogP contribution in [-0.4, -0.2) is 51.1 Å². The molecule has 0 bridgehead atoms. The minimum absolute atomic E-state index is 0.181. The van der Waals surface area contributed by atoms with Gasteiger partial charge in [0.15, 0.2) is 0 Å². The van der Waals surface area contributed by atoms with Crippen LogP contribution in [-0.2, 0) is 4.79 Å². The van der Waals surface area contributed by atoms with Gasteiger partial charge in [-0.2, -0.15) is 0 Å². The van der Waals surface area contributed by atoms with Crippen LogP contribution in [0, 0.1) is 12.7 Å². The summed E-state index contributed by atoms with van der Waals surface area (Å²) in [6, 6.07) is 16.6. The zero-order valence-electron chi connectivity index (χ0n) is 21.1. The largest absolute Gasteiger partial charge is 0.496 e. The second-order valence-electron chi connectivity index (χ2n) is 9.45. The second-order valence-corrected chi connectivity index (χ2v) is 9.45. The van der Waals surface area contributed by atoms with Gasteiger partial charge in [0.2, 0.25) is 0 Å². The number of benzene rings is 3. The quantitative estimate of drug-likeness (QED) is 0.476. The number of carbonyl (C=O) groups is 1. The van der Waals surface area contributed by atoms with Crippen molar-refractivity contribution in [2.24, 2.45) is 0 Å². The summed E-state index contributed by atoms with van der Waals surface area (Å²) in [5.74, 6) is -0.106. The standard InChI is InChI=1S/C29H31FN4O2/c1-18-16-21(34-14-12-33(3)13-15-34)9-11-24(18)31-19(2)27-22-17-20(8-10-25(22)32-29(27)35)28-23(30)6-5-7-26(28)36-4/h5-11,16-17,31H,12-15H2,1-4H3,(H,32,35)/b27-19-. The van der Waals surface area contributed by atoms with Crippen LogP contribution in [0.15, 0.2) is 60.3 Å². The summed E-state index contributed by atoms with van der Waals surface area (Å²) >= 11 is 0. The first-order valence-corrected chi connectivity index (χ1v) is 12.2. The van der Waals surface area contributed by atoms with Gasteiger partial charge in [-0.3, -0.25) is 4.79 Å². The fourth-order valence-corrected chi connectivity index (χ4v) is 4.96. The van der Waals surface area contributed by atoms with Crippen LogP contribution in [0.2, 0.25) is 0 Å². The number of fused-ring (bicyclic) bond motifs is 1. The van der Waals surface area contributed by atoms with Crippen LogP contribution in [0.5, 0.6) is 5.75 Å². The van der Waals surface area contributed by atoms with E-state index in [2.05, 4.69) is 52.6 Å². The molecule has 0 radical (unpaired) electrons. The SMILES string of the molecule is COc1cccc(F)c1-c1ccc2c(c1)/C(=C(\C)Nc1ccc(N3CCN(C)CC3)cc1C)C(=O)N2. The molecule has 7 heteroatoms. The highest BCUT2D eigenvalue weighted by Crippen LogP contribution is 2.40. The third-order valence-corrected chi connectivity index (χ3v) is 7.02. The number of allylic oxidation sites excluding steroid dienone is 1. The number of piperazine rings is 1. The van der Waals surface area contributed by atoms with Crippen molar-refractivity contribution in [3.8, 4) is 16.9 Å². The first-order valence-electron chi connectivity index (χ1n) is 12.2. The van der Waals surface area contributed by atoms with E-state index in [1.807, 2.05) is 19.1 Å². The Labute approximate surface area is 211 Å². The Morgan fingerprint density at radius 3 is 2.56 bits per heavy atom. The average Bonchev–Trinajstić information content (AvgIpc) is 3.20. The Balaban J connectivity index is 1.46. The molecule has 1 saturated heterocycles. The fourth-order valence-electron chi connectivity index (χ4n) is 4.96. The number of ether oxygens (including phenoxy) is 1. The number of methoxy groups -OCH3 is 1. The molecule has 3 aromatic rings. The summed E-state index contributed by atoms with van der Waals surface area (Å²) in [5, 5.41) is 6.38. The molecule has 2 heterocycles. The Kier molecular flexibility index (Phi) is 6.41. The number of aryl methyl sites for hydroxylation is 1. The van der Waals surface area contributed by atoms with E-state index < -0.39 is 0 Å². The molecular weight excluding hydrogens is 455 g/mol. The molecule has 36 heavy (non-hydrogen) atoms. The number of hydrogen-bond acceptors (Lipinski definition) is 5. The molecule has 6 nitrogen and oxygen atoms in total. The third-order valence-electron chi connectivity index (χ3n) is 7.02. The fraction of sp³-hybridized carbons (Fsp3) is 0.276. The number of nitrogens with one attached hydrogen (secondary N) is 2. The molecule has 186 valence electrons. The van der Waals surface area contributed by atoms with Crippen molar-refractivity contribution in [3.63, 3.8) is 0 Å². The lowest BCUT2D eigenvalue weighted by atomic mass is 9.97. The molecular formula is C29H31FN4O2. The molecule has 0 spiro atoms. The van der Waals surface area contributed by atoms with Crippen LogP contribution in [0.3, 0.4) is 0 Å². The number of carbonyl (C=O) groups excluding carboxylic acids is 1. The van der Waals surface area contributed by atoms with E-state index in [1.54, 1.807) is 18.2 Å². The minimum atomic E-state index is -0.372. The number of likely N-dealkylation sites (N-methyl/N-ethyl adjacent to an activating group) is 1. The van der Waals surface area contributed by atoms with Crippen LogP contribution < -0.4 is 20.3 Å². The maximum atomic E-state index is 14.7.